The number of rotatable bonds is 3. The lowest BCUT2D eigenvalue weighted by Gasteiger charge is -2.06. The van der Waals surface area contributed by atoms with E-state index in [-0.39, 0.29) is 0 Å². The maximum absolute atomic E-state index is 11.4. The first kappa shape index (κ1) is 11.8. The number of hydrogen-bond acceptors (Lipinski definition) is 3. The smallest absolute Gasteiger partial charge is 0.323 e. The Morgan fingerprint density at radius 3 is 2.89 bits per heavy atom. The van der Waals surface area contributed by atoms with Crippen LogP contribution < -0.4 is 10.6 Å². The molecule has 1 aromatic heterocycles. The van der Waals surface area contributed by atoms with Crippen molar-refractivity contribution in [3.8, 4) is 0 Å². The third-order valence-electron chi connectivity index (χ3n) is 2.26. The monoisotopic (exact) mass is 245 g/mol. The highest BCUT2D eigenvalue weighted by atomic mass is 16.4. The van der Waals surface area contributed by atoms with Gasteiger partial charge in [-0.3, -0.25) is 9.78 Å². The Morgan fingerprint density at radius 2 is 2.11 bits per heavy atom. The molecule has 2 rings (SSSR count). The number of amides is 2. The number of fused-ring (bicyclic) bond motifs is 1. The summed E-state index contributed by atoms with van der Waals surface area (Å²) in [5.41, 5.74) is 1.41. The minimum atomic E-state index is -1.09. The number of pyridine rings is 1. The van der Waals surface area contributed by atoms with E-state index >= 15 is 0 Å². The zero-order valence-corrected chi connectivity index (χ0v) is 9.38. The second-order valence-corrected chi connectivity index (χ2v) is 3.61. The summed E-state index contributed by atoms with van der Waals surface area (Å²) in [4.78, 5) is 25.8. The Hall–Kier alpha value is -2.63. The molecule has 0 fully saturated rings. The van der Waals surface area contributed by atoms with Gasteiger partial charge in [0.25, 0.3) is 0 Å². The maximum Gasteiger partial charge on any atom is 0.323 e. The van der Waals surface area contributed by atoms with E-state index in [1.54, 1.807) is 30.5 Å². The average Bonchev–Trinajstić information content (AvgIpc) is 2.36. The lowest BCUT2D eigenvalue weighted by atomic mass is 10.2. The number of carbonyl (C=O) groups excluding carboxylic acids is 1. The molecular weight excluding hydrogens is 234 g/mol. The van der Waals surface area contributed by atoms with Crippen molar-refractivity contribution in [2.45, 2.75) is 0 Å². The summed E-state index contributed by atoms with van der Waals surface area (Å²) in [5, 5.41) is 14.1. The van der Waals surface area contributed by atoms with E-state index in [1.165, 1.54) is 0 Å². The van der Waals surface area contributed by atoms with E-state index in [4.69, 9.17) is 5.11 Å². The topological polar surface area (TPSA) is 91.3 Å². The molecule has 1 heterocycles. The lowest BCUT2D eigenvalue weighted by molar-refractivity contribution is -0.135. The fourth-order valence-electron chi connectivity index (χ4n) is 1.48. The molecule has 6 nitrogen and oxygen atoms in total. The Balaban J connectivity index is 2.07. The lowest BCUT2D eigenvalue weighted by Crippen LogP contribution is -2.33. The molecule has 92 valence electrons. The Kier molecular flexibility index (Phi) is 3.38. The van der Waals surface area contributed by atoms with Crippen molar-refractivity contribution in [3.05, 3.63) is 36.5 Å². The first-order valence-corrected chi connectivity index (χ1v) is 5.26. The van der Waals surface area contributed by atoms with Crippen LogP contribution in [0, 0.1) is 0 Å². The van der Waals surface area contributed by atoms with Gasteiger partial charge in [-0.2, -0.15) is 0 Å². The first-order valence-electron chi connectivity index (χ1n) is 5.26. The van der Waals surface area contributed by atoms with E-state index in [1.807, 2.05) is 6.07 Å². The van der Waals surface area contributed by atoms with Gasteiger partial charge in [0.15, 0.2) is 0 Å². The minimum absolute atomic E-state index is 0.416. The van der Waals surface area contributed by atoms with Gasteiger partial charge in [0.2, 0.25) is 0 Å². The summed E-state index contributed by atoms with van der Waals surface area (Å²) < 4.78 is 0. The summed E-state index contributed by atoms with van der Waals surface area (Å²) in [6.45, 7) is -0.416. The number of nitrogens with one attached hydrogen (secondary N) is 2. The maximum atomic E-state index is 11.4. The normalized spacial score (nSPS) is 10.0. The number of aliphatic carboxylic acids is 1. The van der Waals surface area contributed by atoms with E-state index in [0.29, 0.717) is 5.69 Å². The van der Waals surface area contributed by atoms with E-state index in [9.17, 15) is 9.59 Å². The number of anilines is 1. The van der Waals surface area contributed by atoms with Crippen molar-refractivity contribution in [1.29, 1.82) is 0 Å². The predicted octanol–water partition coefficient (Wildman–Crippen LogP) is 1.44. The van der Waals surface area contributed by atoms with Crippen LogP contribution in [0.3, 0.4) is 0 Å². The van der Waals surface area contributed by atoms with Gasteiger partial charge in [-0.1, -0.05) is 6.07 Å². The van der Waals surface area contributed by atoms with E-state index < -0.39 is 18.5 Å². The van der Waals surface area contributed by atoms with Crippen molar-refractivity contribution < 1.29 is 14.7 Å². The number of aromatic nitrogens is 1. The molecule has 0 saturated carbocycles. The van der Waals surface area contributed by atoms with Crippen LogP contribution in [0.4, 0.5) is 10.5 Å². The number of benzene rings is 1. The fourth-order valence-corrected chi connectivity index (χ4v) is 1.48. The summed E-state index contributed by atoms with van der Waals surface area (Å²) in [5.74, 6) is -1.09. The predicted molar refractivity (Wildman–Crippen MR) is 66.4 cm³/mol. The van der Waals surface area contributed by atoms with Crippen molar-refractivity contribution in [2.24, 2.45) is 0 Å². The third kappa shape index (κ3) is 2.94. The summed E-state index contributed by atoms with van der Waals surface area (Å²) in [6, 6.07) is 8.38. The second kappa shape index (κ2) is 5.13. The van der Waals surface area contributed by atoms with Crippen LogP contribution in [0.1, 0.15) is 0 Å². The van der Waals surface area contributed by atoms with Crippen molar-refractivity contribution in [3.63, 3.8) is 0 Å². The van der Waals surface area contributed by atoms with E-state index in [2.05, 4.69) is 15.6 Å². The van der Waals surface area contributed by atoms with Gasteiger partial charge in [-0.05, 0) is 24.3 Å². The minimum Gasteiger partial charge on any atom is -0.480 e. The average molecular weight is 245 g/mol. The summed E-state index contributed by atoms with van der Waals surface area (Å²) in [7, 11) is 0. The van der Waals surface area contributed by atoms with Gasteiger partial charge >= 0.3 is 12.0 Å². The molecule has 0 radical (unpaired) electrons. The van der Waals surface area contributed by atoms with Gasteiger partial charge in [0.1, 0.15) is 6.54 Å². The largest absolute Gasteiger partial charge is 0.480 e. The molecule has 3 N–H and O–H groups in total. The van der Waals surface area contributed by atoms with Crippen LogP contribution >= 0.6 is 0 Å². The van der Waals surface area contributed by atoms with Crippen LogP contribution in [-0.4, -0.2) is 28.6 Å². The number of carboxylic acid groups (broad SMARTS) is 1. The van der Waals surface area contributed by atoms with Gasteiger partial charge in [0.05, 0.1) is 5.52 Å². The first-order chi connectivity index (χ1) is 8.65. The number of nitrogens with zero attached hydrogens (tertiary/aromatic N) is 1. The zero-order chi connectivity index (χ0) is 13.0. The van der Waals surface area contributed by atoms with Crippen LogP contribution in [-0.2, 0) is 4.79 Å². The fraction of sp³-hybridized carbons (Fsp3) is 0.0833. The molecule has 0 atom stereocenters. The molecule has 0 saturated heterocycles. The second-order valence-electron chi connectivity index (χ2n) is 3.61. The highest BCUT2D eigenvalue weighted by molar-refractivity contribution is 5.93. The molecule has 0 aliphatic heterocycles. The number of carbonyl (C=O) groups is 2. The van der Waals surface area contributed by atoms with Crippen LogP contribution in [0.5, 0.6) is 0 Å². The zero-order valence-electron chi connectivity index (χ0n) is 9.38. The standard InChI is InChI=1S/C12H11N3O3/c16-11(17)7-14-12(18)15-9-3-4-10-8(6-9)2-1-5-13-10/h1-6H,7H2,(H,16,17)(H2,14,15,18). The SMILES string of the molecule is O=C(O)CNC(=O)Nc1ccc2ncccc2c1. The molecule has 2 aromatic rings. The molecule has 0 bridgehead atoms. The number of carboxylic acids is 1. The quantitative estimate of drug-likeness (QED) is 0.763. The molecule has 18 heavy (non-hydrogen) atoms. The molecule has 2 amide bonds. The summed E-state index contributed by atoms with van der Waals surface area (Å²) >= 11 is 0. The molecule has 0 spiro atoms. The van der Waals surface area contributed by atoms with Crippen LogP contribution in [0.15, 0.2) is 36.5 Å². The van der Waals surface area contributed by atoms with Crippen molar-refractivity contribution >= 4 is 28.6 Å². The Bertz CT molecular complexity index is 598. The highest BCUT2D eigenvalue weighted by Gasteiger charge is 2.04. The molecule has 0 unspecified atom stereocenters. The van der Waals surface area contributed by atoms with Crippen LogP contribution in [0.25, 0.3) is 10.9 Å². The van der Waals surface area contributed by atoms with Gasteiger partial charge in [0, 0.05) is 17.3 Å². The van der Waals surface area contributed by atoms with Gasteiger partial charge < -0.3 is 15.7 Å². The van der Waals surface area contributed by atoms with Crippen molar-refractivity contribution in [2.75, 3.05) is 11.9 Å². The van der Waals surface area contributed by atoms with Crippen LogP contribution in [0.2, 0.25) is 0 Å². The highest BCUT2D eigenvalue weighted by Crippen LogP contribution is 2.16. The number of hydrogen-bond donors (Lipinski definition) is 3. The molecular formula is C12H11N3O3. The molecule has 1 aromatic carbocycles. The van der Waals surface area contributed by atoms with E-state index in [0.717, 1.165) is 10.9 Å². The Labute approximate surface area is 103 Å². The Morgan fingerprint density at radius 1 is 1.28 bits per heavy atom. The van der Waals surface area contributed by atoms with Gasteiger partial charge in [-0.15, -0.1) is 0 Å². The molecule has 6 heteroatoms. The third-order valence-corrected chi connectivity index (χ3v) is 2.26. The summed E-state index contributed by atoms with van der Waals surface area (Å²) in [6.07, 6.45) is 1.69. The molecule has 0 aliphatic rings. The number of urea groups is 1. The molecule has 0 aliphatic carbocycles. The van der Waals surface area contributed by atoms with Gasteiger partial charge in [-0.25, -0.2) is 4.79 Å². The van der Waals surface area contributed by atoms with Crippen molar-refractivity contribution in [1.82, 2.24) is 10.3 Å².